The van der Waals surface area contributed by atoms with Crippen molar-refractivity contribution >= 4 is 22.8 Å². The number of benzene rings is 2. The van der Waals surface area contributed by atoms with Crippen LogP contribution in [0.15, 0.2) is 42.5 Å². The van der Waals surface area contributed by atoms with E-state index in [9.17, 15) is 9.59 Å². The highest BCUT2D eigenvalue weighted by molar-refractivity contribution is 5.95. The number of rotatable bonds is 11. The quantitative estimate of drug-likeness (QED) is 0.389. The summed E-state index contributed by atoms with van der Waals surface area (Å²) in [6, 6.07) is 13.8. The van der Waals surface area contributed by atoms with Gasteiger partial charge in [0.05, 0.1) is 11.0 Å². The fraction of sp³-hybridized carbons (Fsp3) is 0.483. The van der Waals surface area contributed by atoms with Gasteiger partial charge in [-0.25, -0.2) is 4.98 Å². The van der Waals surface area contributed by atoms with Crippen LogP contribution in [0.1, 0.15) is 61.4 Å². The number of hydrogen-bond donors (Lipinski definition) is 1. The maximum atomic E-state index is 13.3. The van der Waals surface area contributed by atoms with Crippen molar-refractivity contribution in [2.75, 3.05) is 19.6 Å². The van der Waals surface area contributed by atoms with Crippen LogP contribution in [0.3, 0.4) is 0 Å². The minimum atomic E-state index is -0.0517. The number of carbonyl (C=O) groups is 2. The number of para-hydroxylation sites is 2. The number of aryl methyl sites for hydroxylation is 3. The van der Waals surface area contributed by atoms with E-state index in [0.717, 1.165) is 47.5 Å². The Morgan fingerprint density at radius 1 is 1.00 bits per heavy atom. The summed E-state index contributed by atoms with van der Waals surface area (Å²) in [4.78, 5) is 32.7. The van der Waals surface area contributed by atoms with Crippen molar-refractivity contribution in [2.24, 2.45) is 11.8 Å². The lowest BCUT2D eigenvalue weighted by atomic mass is 10.1. The molecule has 2 amide bonds. The van der Waals surface area contributed by atoms with E-state index in [1.807, 2.05) is 61.2 Å². The number of hydrogen-bond acceptors (Lipinski definition) is 3. The summed E-state index contributed by atoms with van der Waals surface area (Å²) in [6.45, 7) is 14.9. The van der Waals surface area contributed by atoms with Crippen molar-refractivity contribution < 1.29 is 9.59 Å². The number of nitrogens with one attached hydrogen (secondary N) is 1. The highest BCUT2D eigenvalue weighted by Gasteiger charge is 2.20. The zero-order valence-electron chi connectivity index (χ0n) is 22.1. The minimum Gasteiger partial charge on any atom is -0.352 e. The lowest BCUT2D eigenvalue weighted by molar-refractivity contribution is -0.132. The molecular weight excluding hydrogens is 436 g/mol. The standard InChI is InChI=1S/C29H40N4O2/c1-20(2)17-32(18-21(3)4)28(34)19-33-26-11-8-7-10-25(26)31-27(33)12-9-15-30-29(35)24-14-13-22(5)16-23(24)6/h7-8,10-11,13-14,16,20-21H,9,12,15,17-19H2,1-6H3,(H,30,35). The molecule has 3 aromatic rings. The number of amides is 2. The smallest absolute Gasteiger partial charge is 0.251 e. The van der Waals surface area contributed by atoms with Gasteiger partial charge in [-0.2, -0.15) is 0 Å². The van der Waals surface area contributed by atoms with Crippen molar-refractivity contribution in [3.8, 4) is 0 Å². The van der Waals surface area contributed by atoms with Gasteiger partial charge in [-0.05, 0) is 55.9 Å². The third-order valence-electron chi connectivity index (χ3n) is 6.04. The molecule has 0 radical (unpaired) electrons. The molecule has 6 heteroatoms. The molecule has 0 aliphatic heterocycles. The molecule has 188 valence electrons. The Balaban J connectivity index is 1.70. The van der Waals surface area contributed by atoms with Gasteiger partial charge in [0.15, 0.2) is 0 Å². The Kier molecular flexibility index (Phi) is 9.07. The lowest BCUT2D eigenvalue weighted by Crippen LogP contribution is -2.39. The first-order chi connectivity index (χ1) is 16.7. The van der Waals surface area contributed by atoms with Crippen molar-refractivity contribution in [3.63, 3.8) is 0 Å². The normalized spacial score (nSPS) is 11.4. The molecule has 0 aliphatic rings. The average molecular weight is 477 g/mol. The molecule has 0 atom stereocenters. The molecule has 2 aromatic carbocycles. The Morgan fingerprint density at radius 3 is 2.34 bits per heavy atom. The maximum Gasteiger partial charge on any atom is 0.251 e. The molecule has 0 saturated heterocycles. The zero-order chi connectivity index (χ0) is 25.5. The van der Waals surface area contributed by atoms with Crippen LogP contribution in [-0.2, 0) is 17.8 Å². The third-order valence-corrected chi connectivity index (χ3v) is 6.04. The van der Waals surface area contributed by atoms with Gasteiger partial charge in [0.2, 0.25) is 5.91 Å². The van der Waals surface area contributed by atoms with E-state index in [0.29, 0.717) is 30.4 Å². The van der Waals surface area contributed by atoms with Crippen molar-refractivity contribution in [3.05, 3.63) is 65.0 Å². The summed E-state index contributed by atoms with van der Waals surface area (Å²) in [7, 11) is 0. The predicted molar refractivity (Wildman–Crippen MR) is 143 cm³/mol. The maximum absolute atomic E-state index is 13.3. The average Bonchev–Trinajstić information content (AvgIpc) is 3.12. The van der Waals surface area contributed by atoms with Gasteiger partial charge >= 0.3 is 0 Å². The van der Waals surface area contributed by atoms with E-state index in [-0.39, 0.29) is 18.4 Å². The van der Waals surface area contributed by atoms with Gasteiger partial charge < -0.3 is 14.8 Å². The molecule has 1 heterocycles. The molecule has 1 aromatic heterocycles. The van der Waals surface area contributed by atoms with Crippen molar-refractivity contribution in [1.29, 1.82) is 0 Å². The second-order valence-corrected chi connectivity index (χ2v) is 10.4. The number of carbonyl (C=O) groups excluding carboxylic acids is 2. The van der Waals surface area contributed by atoms with E-state index in [4.69, 9.17) is 4.98 Å². The first kappa shape index (κ1) is 26.5. The van der Waals surface area contributed by atoms with Crippen LogP contribution in [0.25, 0.3) is 11.0 Å². The number of aromatic nitrogens is 2. The first-order valence-corrected chi connectivity index (χ1v) is 12.7. The van der Waals surface area contributed by atoms with Gasteiger partial charge in [-0.15, -0.1) is 0 Å². The highest BCUT2D eigenvalue weighted by atomic mass is 16.2. The van der Waals surface area contributed by atoms with Gasteiger partial charge in [0.1, 0.15) is 12.4 Å². The fourth-order valence-electron chi connectivity index (χ4n) is 4.50. The number of fused-ring (bicyclic) bond motifs is 1. The monoisotopic (exact) mass is 476 g/mol. The van der Waals surface area contributed by atoms with E-state index < -0.39 is 0 Å². The predicted octanol–water partition coefficient (Wildman–Crippen LogP) is 5.16. The topological polar surface area (TPSA) is 67.2 Å². The Bertz CT molecular complexity index is 1150. The van der Waals surface area contributed by atoms with Crippen molar-refractivity contribution in [1.82, 2.24) is 19.8 Å². The lowest BCUT2D eigenvalue weighted by Gasteiger charge is -2.27. The van der Waals surface area contributed by atoms with E-state index in [1.165, 1.54) is 0 Å². The van der Waals surface area contributed by atoms with Crippen LogP contribution in [0, 0.1) is 25.7 Å². The third kappa shape index (κ3) is 7.17. The second kappa shape index (κ2) is 12.0. The number of nitrogens with zero attached hydrogens (tertiary/aromatic N) is 3. The minimum absolute atomic E-state index is 0.0517. The SMILES string of the molecule is Cc1ccc(C(=O)NCCCc2nc3ccccc3n2CC(=O)N(CC(C)C)CC(C)C)c(C)c1. The summed E-state index contributed by atoms with van der Waals surface area (Å²) in [6.07, 6.45) is 1.43. The molecule has 35 heavy (non-hydrogen) atoms. The molecule has 6 nitrogen and oxygen atoms in total. The second-order valence-electron chi connectivity index (χ2n) is 10.4. The Morgan fingerprint density at radius 2 is 1.69 bits per heavy atom. The van der Waals surface area contributed by atoms with Crippen LogP contribution in [0.4, 0.5) is 0 Å². The molecule has 0 spiro atoms. The van der Waals surface area contributed by atoms with Crippen LogP contribution < -0.4 is 5.32 Å². The van der Waals surface area contributed by atoms with Crippen LogP contribution in [0.5, 0.6) is 0 Å². The van der Waals surface area contributed by atoms with E-state index in [1.54, 1.807) is 0 Å². The summed E-state index contributed by atoms with van der Waals surface area (Å²) < 4.78 is 2.05. The van der Waals surface area contributed by atoms with Crippen LogP contribution >= 0.6 is 0 Å². The van der Waals surface area contributed by atoms with Crippen LogP contribution in [-0.4, -0.2) is 45.9 Å². The highest BCUT2D eigenvalue weighted by Crippen LogP contribution is 2.18. The molecule has 0 unspecified atom stereocenters. The Labute approximate surface area is 209 Å². The first-order valence-electron chi connectivity index (χ1n) is 12.7. The van der Waals surface area contributed by atoms with Gasteiger partial charge in [-0.3, -0.25) is 9.59 Å². The van der Waals surface area contributed by atoms with Gasteiger partial charge in [0, 0.05) is 31.6 Å². The van der Waals surface area contributed by atoms with Gasteiger partial charge in [-0.1, -0.05) is 57.5 Å². The van der Waals surface area contributed by atoms with Gasteiger partial charge in [0.25, 0.3) is 5.91 Å². The molecule has 0 bridgehead atoms. The molecule has 3 rings (SSSR count). The Hall–Kier alpha value is -3.15. The van der Waals surface area contributed by atoms with E-state index >= 15 is 0 Å². The summed E-state index contributed by atoms with van der Waals surface area (Å²) in [5.41, 5.74) is 4.71. The largest absolute Gasteiger partial charge is 0.352 e. The number of imidazole rings is 1. The molecule has 0 saturated carbocycles. The zero-order valence-corrected chi connectivity index (χ0v) is 22.1. The van der Waals surface area contributed by atoms with Crippen LogP contribution in [0.2, 0.25) is 0 Å². The molecule has 0 fully saturated rings. The summed E-state index contributed by atoms with van der Waals surface area (Å²) in [5.74, 6) is 1.79. The summed E-state index contributed by atoms with van der Waals surface area (Å²) >= 11 is 0. The molecule has 1 N–H and O–H groups in total. The fourth-order valence-corrected chi connectivity index (χ4v) is 4.50. The molecule has 0 aliphatic carbocycles. The van der Waals surface area contributed by atoms with E-state index in [2.05, 4.69) is 37.6 Å². The molecular formula is C29H40N4O2. The van der Waals surface area contributed by atoms with Crippen molar-refractivity contribution in [2.45, 2.75) is 60.9 Å². The summed E-state index contributed by atoms with van der Waals surface area (Å²) in [5, 5.41) is 3.03.